The maximum Gasteiger partial charge on any atom is 0.471 e. The smallest absolute Gasteiger partial charge is 0.394 e. The van der Waals surface area contributed by atoms with E-state index >= 15 is 0 Å². The number of hydrogen-bond donors (Lipinski definition) is 5. The summed E-state index contributed by atoms with van der Waals surface area (Å²) in [4.78, 5) is 29.1. The Morgan fingerprint density at radius 1 is 1.11 bits per heavy atom. The summed E-state index contributed by atoms with van der Waals surface area (Å²) in [5.41, 5.74) is 1.62. The zero-order chi connectivity index (χ0) is 32.8. The molecular weight excluding hydrogens is 605 g/mol. The van der Waals surface area contributed by atoms with Gasteiger partial charge in [-0.15, -0.1) is 0 Å². The predicted molar refractivity (Wildman–Crippen MR) is 166 cm³/mol. The normalized spacial score (nSPS) is 23.0. The number of aliphatic hydroxyl groups excluding tert-OH is 3. The zero-order valence-corrected chi connectivity index (χ0v) is 25.9. The Hall–Kier alpha value is -3.53. The van der Waals surface area contributed by atoms with Crippen LogP contribution in [-0.2, 0) is 11.2 Å². The van der Waals surface area contributed by atoms with Crippen LogP contribution in [0.1, 0.15) is 50.6 Å². The third-order valence-electron chi connectivity index (χ3n) is 8.81. The number of fused-ring (bicyclic) bond motifs is 1. The Morgan fingerprint density at radius 2 is 1.85 bits per heavy atom. The molecule has 1 amide bonds. The number of piperidine rings is 1. The van der Waals surface area contributed by atoms with Gasteiger partial charge in [-0.05, 0) is 50.8 Å². The van der Waals surface area contributed by atoms with Crippen LogP contribution in [0.15, 0.2) is 36.7 Å². The SMILES string of the molecule is CCCN(C(=O)C(F)(F)F)[C@H]1C[C@@H](n2cnc3c(N[C@H](CO)Cc4ccccc4)nc(NCCN4CCCCC4)nc32)[C@H](O)[C@@H]1O. The molecule has 2 aliphatic rings. The van der Waals surface area contributed by atoms with E-state index in [-0.39, 0.29) is 37.6 Å². The van der Waals surface area contributed by atoms with Crippen LogP contribution in [0.3, 0.4) is 0 Å². The molecule has 0 spiro atoms. The second-order valence-corrected chi connectivity index (χ2v) is 12.1. The summed E-state index contributed by atoms with van der Waals surface area (Å²) in [6.45, 7) is 4.60. The molecule has 2 aromatic heterocycles. The average Bonchev–Trinajstić information content (AvgIpc) is 3.60. The van der Waals surface area contributed by atoms with Gasteiger partial charge in [0, 0.05) is 19.6 Å². The maximum atomic E-state index is 13.5. The highest BCUT2D eigenvalue weighted by Gasteiger charge is 2.51. The molecule has 5 rings (SSSR count). The van der Waals surface area contributed by atoms with E-state index in [4.69, 9.17) is 0 Å². The number of carbonyl (C=O) groups is 1. The minimum absolute atomic E-state index is 0.145. The molecule has 15 heteroatoms. The van der Waals surface area contributed by atoms with Crippen LogP contribution in [0.2, 0.25) is 0 Å². The van der Waals surface area contributed by atoms with Crippen molar-refractivity contribution in [3.63, 3.8) is 0 Å². The van der Waals surface area contributed by atoms with Gasteiger partial charge in [-0.25, -0.2) is 4.98 Å². The molecule has 12 nitrogen and oxygen atoms in total. The van der Waals surface area contributed by atoms with Gasteiger partial charge in [0.1, 0.15) is 12.2 Å². The number of carbonyl (C=O) groups excluding carboxylic acids is 1. The van der Waals surface area contributed by atoms with Crippen LogP contribution in [0.25, 0.3) is 11.2 Å². The number of nitrogens with zero attached hydrogens (tertiary/aromatic N) is 6. The monoisotopic (exact) mass is 648 g/mol. The van der Waals surface area contributed by atoms with Gasteiger partial charge in [0.2, 0.25) is 5.95 Å². The second-order valence-electron chi connectivity index (χ2n) is 12.1. The van der Waals surface area contributed by atoms with Crippen molar-refractivity contribution in [1.29, 1.82) is 0 Å². The molecular formula is C31H43F3N8O4. The lowest BCUT2D eigenvalue weighted by atomic mass is 10.1. The minimum atomic E-state index is -5.12. The van der Waals surface area contributed by atoms with Crippen molar-refractivity contribution in [1.82, 2.24) is 29.3 Å². The van der Waals surface area contributed by atoms with Gasteiger partial charge < -0.3 is 40.3 Å². The molecule has 0 radical (unpaired) electrons. The van der Waals surface area contributed by atoms with Crippen molar-refractivity contribution >= 4 is 28.8 Å². The summed E-state index contributed by atoms with van der Waals surface area (Å²) < 4.78 is 41.9. The highest BCUT2D eigenvalue weighted by Crippen LogP contribution is 2.38. The van der Waals surface area contributed by atoms with Crippen molar-refractivity contribution < 1.29 is 33.3 Å². The zero-order valence-electron chi connectivity index (χ0n) is 25.9. The number of imidazole rings is 1. The van der Waals surface area contributed by atoms with Crippen LogP contribution in [0, 0.1) is 0 Å². The van der Waals surface area contributed by atoms with E-state index in [0.29, 0.717) is 29.2 Å². The maximum absolute atomic E-state index is 13.5. The second kappa shape index (κ2) is 14.9. The van der Waals surface area contributed by atoms with Crippen molar-refractivity contribution in [3.8, 4) is 0 Å². The van der Waals surface area contributed by atoms with Gasteiger partial charge in [-0.2, -0.15) is 23.1 Å². The Kier molecular flexibility index (Phi) is 11.0. The first kappa shape index (κ1) is 33.8. The van der Waals surface area contributed by atoms with E-state index in [0.717, 1.165) is 38.0 Å². The molecule has 2 fully saturated rings. The van der Waals surface area contributed by atoms with Crippen molar-refractivity contribution in [3.05, 3.63) is 42.2 Å². The van der Waals surface area contributed by atoms with Crippen LogP contribution in [-0.4, -0.2) is 120 Å². The van der Waals surface area contributed by atoms with Crippen LogP contribution in [0.4, 0.5) is 24.9 Å². The first-order valence-corrected chi connectivity index (χ1v) is 16.0. The van der Waals surface area contributed by atoms with E-state index in [1.165, 1.54) is 17.3 Å². The molecule has 1 saturated heterocycles. The summed E-state index contributed by atoms with van der Waals surface area (Å²) in [7, 11) is 0. The van der Waals surface area contributed by atoms with E-state index < -0.39 is 42.4 Å². The van der Waals surface area contributed by atoms with E-state index in [9.17, 15) is 33.3 Å². The van der Waals surface area contributed by atoms with Crippen molar-refractivity contribution in [2.45, 2.75) is 82.0 Å². The Bertz CT molecular complexity index is 1440. The van der Waals surface area contributed by atoms with Gasteiger partial charge in [-0.1, -0.05) is 43.7 Å². The number of hydrogen-bond acceptors (Lipinski definition) is 10. The quantitative estimate of drug-likeness (QED) is 0.187. The summed E-state index contributed by atoms with van der Waals surface area (Å²) in [5.74, 6) is -1.44. The number of nitrogens with one attached hydrogen (secondary N) is 2. The molecule has 1 saturated carbocycles. The lowest BCUT2D eigenvalue weighted by Crippen LogP contribution is -2.51. The first-order valence-electron chi connectivity index (χ1n) is 16.0. The number of benzene rings is 1. The van der Waals surface area contributed by atoms with E-state index in [1.807, 2.05) is 30.3 Å². The van der Waals surface area contributed by atoms with Crippen molar-refractivity contribution in [2.75, 3.05) is 50.0 Å². The van der Waals surface area contributed by atoms with Gasteiger partial charge >= 0.3 is 12.1 Å². The third kappa shape index (κ3) is 7.70. The molecule has 5 atom stereocenters. The number of alkyl halides is 3. The molecule has 1 aromatic carbocycles. The molecule has 0 unspecified atom stereocenters. The lowest BCUT2D eigenvalue weighted by molar-refractivity contribution is -0.190. The number of anilines is 2. The number of halogens is 3. The molecule has 252 valence electrons. The fourth-order valence-electron chi connectivity index (χ4n) is 6.49. The Morgan fingerprint density at radius 3 is 2.52 bits per heavy atom. The largest absolute Gasteiger partial charge is 0.471 e. The van der Waals surface area contributed by atoms with Crippen LogP contribution < -0.4 is 10.6 Å². The summed E-state index contributed by atoms with van der Waals surface area (Å²) >= 11 is 0. The molecule has 1 aliphatic carbocycles. The topological polar surface area (TPSA) is 152 Å². The van der Waals surface area contributed by atoms with Gasteiger partial charge in [0.05, 0.1) is 31.1 Å². The summed E-state index contributed by atoms with van der Waals surface area (Å²) in [6, 6.07) is 7.03. The number of likely N-dealkylation sites (tertiary alicyclic amines) is 1. The number of rotatable bonds is 13. The van der Waals surface area contributed by atoms with E-state index in [2.05, 4.69) is 30.5 Å². The third-order valence-corrected chi connectivity index (χ3v) is 8.81. The Balaban J connectivity index is 1.45. The Labute approximate surface area is 265 Å². The fraction of sp³-hybridized carbons (Fsp3) is 0.613. The van der Waals surface area contributed by atoms with E-state index in [1.54, 1.807) is 6.92 Å². The molecule has 5 N–H and O–H groups in total. The average molecular weight is 649 g/mol. The van der Waals surface area contributed by atoms with Crippen molar-refractivity contribution in [2.24, 2.45) is 0 Å². The van der Waals surface area contributed by atoms with Gasteiger partial charge in [0.25, 0.3) is 0 Å². The highest BCUT2D eigenvalue weighted by atomic mass is 19.4. The number of aromatic nitrogens is 4. The number of amides is 1. The molecule has 0 bridgehead atoms. The van der Waals surface area contributed by atoms with Crippen LogP contribution in [0.5, 0.6) is 0 Å². The summed E-state index contributed by atoms with van der Waals surface area (Å²) in [5, 5.41) is 38.8. The lowest BCUT2D eigenvalue weighted by Gasteiger charge is -2.31. The highest BCUT2D eigenvalue weighted by molar-refractivity contribution is 5.85. The fourth-order valence-corrected chi connectivity index (χ4v) is 6.49. The molecule has 1 aliphatic heterocycles. The summed E-state index contributed by atoms with van der Waals surface area (Å²) in [6.07, 6.45) is -2.70. The standard InChI is InChI=1S/C31H43F3N8O4/c1-2-12-41(29(46)31(32,33)34)22-17-23(26(45)25(22)44)42-19-36-24-27(37-21(18-43)16-20-9-5-3-6-10-20)38-30(39-28(24)42)35-11-15-40-13-7-4-8-14-40/h3,5-6,9-10,19,21-23,25-26,43-45H,2,4,7-8,11-18H2,1H3,(H2,35,37,38,39)/t21-,22-,23+,25+,26-/m0/s1. The molecule has 46 heavy (non-hydrogen) atoms. The molecule has 3 heterocycles. The van der Waals surface area contributed by atoms with Crippen LogP contribution >= 0.6 is 0 Å². The minimum Gasteiger partial charge on any atom is -0.394 e. The predicted octanol–water partition coefficient (Wildman–Crippen LogP) is 2.58. The molecule has 3 aromatic rings. The number of aliphatic hydroxyl groups is 3. The van der Waals surface area contributed by atoms with Gasteiger partial charge in [0.15, 0.2) is 17.0 Å². The van der Waals surface area contributed by atoms with Gasteiger partial charge in [-0.3, -0.25) is 4.79 Å². The first-order chi connectivity index (χ1) is 22.1.